The van der Waals surface area contributed by atoms with Gasteiger partial charge in [0.05, 0.1) is 19.3 Å². The summed E-state index contributed by atoms with van der Waals surface area (Å²) < 4.78 is 23.3. The van der Waals surface area contributed by atoms with Crippen LogP contribution in [0.2, 0.25) is 0 Å². The highest BCUT2D eigenvalue weighted by Crippen LogP contribution is 2.34. The molecule has 0 radical (unpaired) electrons. The summed E-state index contributed by atoms with van der Waals surface area (Å²) in [5.74, 6) is -1.01. The third-order valence-electron chi connectivity index (χ3n) is 2.57. The van der Waals surface area contributed by atoms with Crippen molar-refractivity contribution in [3.63, 3.8) is 0 Å². The predicted molar refractivity (Wildman–Crippen MR) is 54.8 cm³/mol. The van der Waals surface area contributed by atoms with Crippen molar-refractivity contribution in [1.82, 2.24) is 0 Å². The molecule has 0 amide bonds. The summed E-state index contributed by atoms with van der Waals surface area (Å²) >= 11 is 0. The first-order valence-corrected chi connectivity index (χ1v) is 4.93. The van der Waals surface area contributed by atoms with Gasteiger partial charge in [-0.1, -0.05) is 0 Å². The van der Waals surface area contributed by atoms with E-state index in [1.165, 1.54) is 13.2 Å². The lowest BCUT2D eigenvalue weighted by Crippen LogP contribution is -2.22. The summed E-state index contributed by atoms with van der Waals surface area (Å²) in [6, 6.07) is 2.32. The van der Waals surface area contributed by atoms with Gasteiger partial charge in [-0.15, -0.1) is 0 Å². The van der Waals surface area contributed by atoms with Crippen LogP contribution < -0.4 is 10.5 Å². The van der Waals surface area contributed by atoms with Crippen LogP contribution in [0.3, 0.4) is 0 Å². The van der Waals surface area contributed by atoms with Crippen LogP contribution >= 0.6 is 0 Å². The van der Waals surface area contributed by atoms with Crippen molar-refractivity contribution in [2.75, 3.05) is 13.7 Å². The van der Waals surface area contributed by atoms with E-state index in [1.807, 2.05) is 0 Å². The van der Waals surface area contributed by atoms with Crippen LogP contribution in [-0.4, -0.2) is 19.7 Å². The van der Waals surface area contributed by atoms with E-state index in [0.717, 1.165) is 6.07 Å². The summed E-state index contributed by atoms with van der Waals surface area (Å²) in [6.45, 7) is 0.392. The molecule has 16 heavy (non-hydrogen) atoms. The Morgan fingerprint density at radius 1 is 1.62 bits per heavy atom. The van der Waals surface area contributed by atoms with Gasteiger partial charge in [0.15, 0.2) is 11.6 Å². The summed E-state index contributed by atoms with van der Waals surface area (Å²) in [6.07, 6.45) is 0.608. The highest BCUT2D eigenvalue weighted by atomic mass is 19.1. The third kappa shape index (κ3) is 1.74. The molecule has 2 N–H and O–H groups in total. The molecule has 0 saturated heterocycles. The molecule has 1 aliphatic heterocycles. The van der Waals surface area contributed by atoms with Gasteiger partial charge >= 0.3 is 5.97 Å². The number of benzene rings is 1. The smallest absolute Gasteiger partial charge is 0.337 e. The molecule has 4 nitrogen and oxygen atoms in total. The van der Waals surface area contributed by atoms with Crippen molar-refractivity contribution in [3.05, 3.63) is 29.1 Å². The second-order valence-electron chi connectivity index (χ2n) is 3.61. The molecule has 5 heteroatoms. The number of esters is 1. The maximum atomic E-state index is 13.6. The molecule has 1 unspecified atom stereocenters. The molecular weight excluding hydrogens is 213 g/mol. The zero-order valence-electron chi connectivity index (χ0n) is 8.83. The average Bonchev–Trinajstić information content (AvgIpc) is 2.29. The van der Waals surface area contributed by atoms with E-state index < -0.39 is 11.8 Å². The van der Waals surface area contributed by atoms with Gasteiger partial charge in [-0.2, -0.15) is 0 Å². The standard InChI is InChI=1S/C11H12FNO3/c1-15-11(14)6-4-7-9(13)2-3-16-10(7)8(12)5-6/h4-5,9H,2-3,13H2,1H3. The summed E-state index contributed by atoms with van der Waals surface area (Å²) in [7, 11) is 1.25. The largest absolute Gasteiger partial charge is 0.490 e. The van der Waals surface area contributed by atoms with Crippen LogP contribution in [0.15, 0.2) is 12.1 Å². The minimum atomic E-state index is -0.584. The fourth-order valence-corrected chi connectivity index (χ4v) is 1.72. The Labute approximate surface area is 92.1 Å². The molecule has 86 valence electrons. The highest BCUT2D eigenvalue weighted by molar-refractivity contribution is 5.89. The Kier molecular flexibility index (Phi) is 2.78. The first-order valence-electron chi connectivity index (χ1n) is 4.93. The van der Waals surface area contributed by atoms with Gasteiger partial charge in [-0.05, 0) is 12.1 Å². The second kappa shape index (κ2) is 4.09. The number of nitrogens with two attached hydrogens (primary N) is 1. The van der Waals surface area contributed by atoms with E-state index >= 15 is 0 Å². The molecule has 0 saturated carbocycles. The van der Waals surface area contributed by atoms with Crippen LogP contribution in [0.25, 0.3) is 0 Å². The molecule has 0 spiro atoms. The molecule has 1 atom stereocenters. The van der Waals surface area contributed by atoms with Crippen molar-refractivity contribution in [1.29, 1.82) is 0 Å². The van der Waals surface area contributed by atoms with Crippen molar-refractivity contribution in [3.8, 4) is 5.75 Å². The molecule has 0 fully saturated rings. The number of hydrogen-bond donors (Lipinski definition) is 1. The Hall–Kier alpha value is -1.62. The van der Waals surface area contributed by atoms with Crippen LogP contribution in [0, 0.1) is 5.82 Å². The quantitative estimate of drug-likeness (QED) is 0.734. The third-order valence-corrected chi connectivity index (χ3v) is 2.57. The molecule has 1 aromatic rings. The Balaban J connectivity index is 2.50. The van der Waals surface area contributed by atoms with Gasteiger partial charge in [-0.3, -0.25) is 0 Å². The van der Waals surface area contributed by atoms with Gasteiger partial charge < -0.3 is 15.2 Å². The Bertz CT molecular complexity index is 433. The van der Waals surface area contributed by atoms with Crippen molar-refractivity contribution in [2.45, 2.75) is 12.5 Å². The van der Waals surface area contributed by atoms with E-state index in [1.54, 1.807) is 0 Å². The number of ether oxygens (including phenoxy) is 2. The summed E-state index contributed by atoms with van der Waals surface area (Å²) in [5.41, 5.74) is 6.50. The molecule has 1 heterocycles. The lowest BCUT2D eigenvalue weighted by atomic mass is 9.98. The maximum absolute atomic E-state index is 13.6. The number of halogens is 1. The van der Waals surface area contributed by atoms with E-state index in [4.69, 9.17) is 10.5 Å². The summed E-state index contributed by atoms with van der Waals surface area (Å²) in [5, 5.41) is 0. The van der Waals surface area contributed by atoms with Crippen molar-refractivity contribution in [2.24, 2.45) is 5.73 Å². The molecule has 1 aromatic carbocycles. The number of hydrogen-bond acceptors (Lipinski definition) is 4. The number of carbonyl (C=O) groups is 1. The van der Waals surface area contributed by atoms with E-state index in [0.29, 0.717) is 18.6 Å². The minimum Gasteiger partial charge on any atom is -0.490 e. The predicted octanol–water partition coefficient (Wildman–Crippen LogP) is 1.39. The SMILES string of the molecule is COC(=O)c1cc(F)c2c(c1)C(N)CCO2. The zero-order chi connectivity index (χ0) is 11.7. The topological polar surface area (TPSA) is 61.5 Å². The van der Waals surface area contributed by atoms with Gasteiger partial charge in [0.1, 0.15) is 0 Å². The van der Waals surface area contributed by atoms with E-state index in [2.05, 4.69) is 4.74 Å². The molecule has 1 aliphatic rings. The first kappa shape index (κ1) is 10.9. The minimum absolute atomic E-state index is 0.145. The lowest BCUT2D eigenvalue weighted by molar-refractivity contribution is 0.0599. The van der Waals surface area contributed by atoms with Gasteiger partial charge in [0.25, 0.3) is 0 Å². The normalized spacial score (nSPS) is 18.6. The van der Waals surface area contributed by atoms with E-state index in [-0.39, 0.29) is 17.4 Å². The second-order valence-corrected chi connectivity index (χ2v) is 3.61. The Morgan fingerprint density at radius 2 is 2.38 bits per heavy atom. The number of fused-ring (bicyclic) bond motifs is 1. The molecule has 0 aromatic heterocycles. The average molecular weight is 225 g/mol. The lowest BCUT2D eigenvalue weighted by Gasteiger charge is -2.23. The molecular formula is C11H12FNO3. The highest BCUT2D eigenvalue weighted by Gasteiger charge is 2.24. The zero-order valence-corrected chi connectivity index (χ0v) is 8.83. The molecule has 0 bridgehead atoms. The van der Waals surface area contributed by atoms with Gasteiger partial charge in [-0.25, -0.2) is 9.18 Å². The van der Waals surface area contributed by atoms with E-state index in [9.17, 15) is 9.18 Å². The fourth-order valence-electron chi connectivity index (χ4n) is 1.72. The van der Waals surface area contributed by atoms with Crippen LogP contribution in [0.5, 0.6) is 5.75 Å². The molecule has 0 aliphatic carbocycles. The maximum Gasteiger partial charge on any atom is 0.337 e. The number of methoxy groups -OCH3 is 1. The van der Waals surface area contributed by atoms with Crippen LogP contribution in [0.4, 0.5) is 4.39 Å². The monoisotopic (exact) mass is 225 g/mol. The number of rotatable bonds is 1. The van der Waals surface area contributed by atoms with Crippen LogP contribution in [-0.2, 0) is 4.74 Å². The summed E-state index contributed by atoms with van der Waals surface area (Å²) in [4.78, 5) is 11.3. The molecule has 2 rings (SSSR count). The van der Waals surface area contributed by atoms with Crippen LogP contribution in [0.1, 0.15) is 28.4 Å². The van der Waals surface area contributed by atoms with Gasteiger partial charge in [0.2, 0.25) is 0 Å². The van der Waals surface area contributed by atoms with Crippen molar-refractivity contribution >= 4 is 5.97 Å². The number of carbonyl (C=O) groups excluding carboxylic acids is 1. The first-order chi connectivity index (χ1) is 7.63. The Morgan fingerprint density at radius 3 is 3.06 bits per heavy atom. The fraction of sp³-hybridized carbons (Fsp3) is 0.364. The van der Waals surface area contributed by atoms with Crippen molar-refractivity contribution < 1.29 is 18.7 Å². The van der Waals surface area contributed by atoms with Gasteiger partial charge in [0, 0.05) is 18.0 Å².